The van der Waals surface area contributed by atoms with Crippen LogP contribution in [0.5, 0.6) is 0 Å². The van der Waals surface area contributed by atoms with Crippen LogP contribution < -0.4 is 0 Å². The van der Waals surface area contributed by atoms with E-state index in [1.54, 1.807) is 6.21 Å². The lowest BCUT2D eigenvalue weighted by molar-refractivity contribution is 0.320. The van der Waals surface area contributed by atoms with Crippen LogP contribution >= 0.6 is 0 Å². The lowest BCUT2D eigenvalue weighted by Gasteiger charge is -2.17. The van der Waals surface area contributed by atoms with Crippen LogP contribution in [-0.2, 0) is 0 Å². The Morgan fingerprint density at radius 3 is 2.50 bits per heavy atom. The second-order valence-corrected chi connectivity index (χ2v) is 10.5. The molecule has 0 unspecified atom stereocenters. The number of hydrogen-bond donors (Lipinski definition) is 1. The minimum absolute atomic E-state index is 0.872. The Hall–Kier alpha value is -0.573. The molecule has 2 nitrogen and oxygen atoms in total. The van der Waals surface area contributed by atoms with Crippen molar-refractivity contribution < 1.29 is 5.21 Å². The van der Waals surface area contributed by atoms with Gasteiger partial charge in [0.15, 0.2) is 0 Å². The molecule has 0 spiro atoms. The summed E-state index contributed by atoms with van der Waals surface area (Å²) in [5.41, 5.74) is 1.39. The molecule has 14 heavy (non-hydrogen) atoms. The fraction of sp³-hybridized carbons (Fsp3) is 0.727. The molecule has 0 radical (unpaired) electrons. The third-order valence-electron chi connectivity index (χ3n) is 1.98. The molecule has 0 atom stereocenters. The number of hydrogen-bond acceptors (Lipinski definition) is 2. The third-order valence-corrected chi connectivity index (χ3v) is 3.54. The first-order chi connectivity index (χ1) is 6.45. The number of oxime groups is 1. The van der Waals surface area contributed by atoms with E-state index in [0.717, 1.165) is 25.7 Å². The first-order valence-electron chi connectivity index (χ1n) is 5.28. The molecule has 0 fully saturated rings. The highest BCUT2D eigenvalue weighted by Crippen LogP contribution is 2.19. The van der Waals surface area contributed by atoms with Crippen LogP contribution in [0.15, 0.2) is 17.3 Å². The summed E-state index contributed by atoms with van der Waals surface area (Å²) in [6.45, 7) is 11.2. The van der Waals surface area contributed by atoms with E-state index in [0.29, 0.717) is 0 Å². The van der Waals surface area contributed by atoms with Crippen molar-refractivity contribution in [3.63, 3.8) is 0 Å². The molecular weight excluding hydrogens is 190 g/mol. The molecule has 0 heterocycles. The Balaban J connectivity index is 3.45. The van der Waals surface area contributed by atoms with Gasteiger partial charge >= 0.3 is 0 Å². The van der Waals surface area contributed by atoms with E-state index in [9.17, 15) is 0 Å². The van der Waals surface area contributed by atoms with E-state index in [-0.39, 0.29) is 0 Å². The largest absolute Gasteiger partial charge is 0.411 e. The van der Waals surface area contributed by atoms with Gasteiger partial charge in [-0.3, -0.25) is 0 Å². The van der Waals surface area contributed by atoms with Crippen molar-refractivity contribution in [1.29, 1.82) is 0 Å². The Bertz CT molecular complexity index is 194. The molecule has 0 aliphatic carbocycles. The SMILES string of the molecule is C=C(CCCC/C=N/O)C[Si](C)(C)C. The molecule has 0 aromatic heterocycles. The topological polar surface area (TPSA) is 32.6 Å². The minimum Gasteiger partial charge on any atom is -0.411 e. The van der Waals surface area contributed by atoms with Gasteiger partial charge in [-0.25, -0.2) is 0 Å². The highest BCUT2D eigenvalue weighted by molar-refractivity contribution is 6.76. The van der Waals surface area contributed by atoms with Gasteiger partial charge in [-0.15, -0.1) is 11.7 Å². The van der Waals surface area contributed by atoms with E-state index in [2.05, 4.69) is 31.4 Å². The zero-order valence-electron chi connectivity index (χ0n) is 9.71. The van der Waals surface area contributed by atoms with Gasteiger partial charge in [0.05, 0.1) is 0 Å². The number of nitrogens with zero attached hydrogens (tertiary/aromatic N) is 1. The summed E-state index contributed by atoms with van der Waals surface area (Å²) in [6, 6.07) is 1.24. The Labute approximate surface area is 88.7 Å². The molecule has 0 aliphatic heterocycles. The average Bonchev–Trinajstić information content (AvgIpc) is 2.00. The third kappa shape index (κ3) is 9.51. The summed E-state index contributed by atoms with van der Waals surface area (Å²) >= 11 is 0. The lowest BCUT2D eigenvalue weighted by atomic mass is 10.1. The second-order valence-electron chi connectivity index (χ2n) is 5.03. The molecule has 0 aromatic rings. The Morgan fingerprint density at radius 2 is 2.00 bits per heavy atom. The van der Waals surface area contributed by atoms with Crippen LogP contribution in [0.2, 0.25) is 25.7 Å². The smallest absolute Gasteiger partial charge is 0.0483 e. The van der Waals surface area contributed by atoms with Gasteiger partial charge in [-0.2, -0.15) is 0 Å². The zero-order valence-corrected chi connectivity index (χ0v) is 10.7. The highest BCUT2D eigenvalue weighted by atomic mass is 28.3. The Kier molecular flexibility index (Phi) is 6.54. The van der Waals surface area contributed by atoms with Crippen LogP contribution in [0.4, 0.5) is 0 Å². The first-order valence-corrected chi connectivity index (χ1v) is 8.99. The van der Waals surface area contributed by atoms with Crippen LogP contribution in [0.3, 0.4) is 0 Å². The lowest BCUT2D eigenvalue weighted by Crippen LogP contribution is -2.19. The maximum absolute atomic E-state index is 8.19. The van der Waals surface area contributed by atoms with Crippen LogP contribution in [0.1, 0.15) is 25.7 Å². The summed E-state index contributed by atoms with van der Waals surface area (Å²) in [5, 5.41) is 11.2. The standard InChI is InChI=1S/C11H23NOSi/c1-11(10-14(2,3)4)8-6-5-7-9-12-13/h9,13H,1,5-8,10H2,2-4H3/b12-9+. The summed E-state index contributed by atoms with van der Waals surface area (Å²) in [5.74, 6) is 0. The van der Waals surface area contributed by atoms with Crippen molar-refractivity contribution in [3.05, 3.63) is 12.2 Å². The zero-order chi connectivity index (χ0) is 11.0. The number of unbranched alkanes of at least 4 members (excludes halogenated alkanes) is 2. The van der Waals surface area contributed by atoms with Crippen molar-refractivity contribution in [2.24, 2.45) is 5.16 Å². The summed E-state index contributed by atoms with van der Waals surface area (Å²) in [4.78, 5) is 0. The van der Waals surface area contributed by atoms with E-state index in [4.69, 9.17) is 5.21 Å². The van der Waals surface area contributed by atoms with Gasteiger partial charge in [0.25, 0.3) is 0 Å². The van der Waals surface area contributed by atoms with Crippen molar-refractivity contribution >= 4 is 14.3 Å². The molecule has 0 saturated heterocycles. The van der Waals surface area contributed by atoms with Crippen LogP contribution in [0, 0.1) is 0 Å². The summed E-state index contributed by atoms with van der Waals surface area (Å²) in [6.07, 6.45) is 5.81. The highest BCUT2D eigenvalue weighted by Gasteiger charge is 2.13. The van der Waals surface area contributed by atoms with Gasteiger partial charge in [0.2, 0.25) is 0 Å². The summed E-state index contributed by atoms with van der Waals surface area (Å²) < 4.78 is 0. The predicted molar refractivity (Wildman–Crippen MR) is 66.0 cm³/mol. The Morgan fingerprint density at radius 1 is 1.36 bits per heavy atom. The maximum Gasteiger partial charge on any atom is 0.0483 e. The molecule has 3 heteroatoms. The molecule has 0 aromatic carbocycles. The molecular formula is C11H23NOSi. The average molecular weight is 213 g/mol. The van der Waals surface area contributed by atoms with Crippen LogP contribution in [-0.4, -0.2) is 19.5 Å². The quantitative estimate of drug-likeness (QED) is 0.171. The maximum atomic E-state index is 8.19. The van der Waals surface area contributed by atoms with E-state index >= 15 is 0 Å². The van der Waals surface area contributed by atoms with Gasteiger partial charge in [-0.1, -0.05) is 25.2 Å². The monoisotopic (exact) mass is 213 g/mol. The molecule has 1 N–H and O–H groups in total. The first kappa shape index (κ1) is 13.4. The van der Waals surface area contributed by atoms with Gasteiger partial charge in [0.1, 0.15) is 0 Å². The molecule has 0 rings (SSSR count). The second kappa shape index (κ2) is 6.82. The molecule has 0 amide bonds. The fourth-order valence-corrected chi connectivity index (χ4v) is 3.18. The van der Waals surface area contributed by atoms with Gasteiger partial charge in [0, 0.05) is 14.3 Å². The van der Waals surface area contributed by atoms with E-state index in [1.165, 1.54) is 11.6 Å². The predicted octanol–water partition coefficient (Wildman–Crippen LogP) is 3.90. The van der Waals surface area contributed by atoms with E-state index in [1.807, 2.05) is 0 Å². The van der Waals surface area contributed by atoms with Gasteiger partial charge < -0.3 is 5.21 Å². The molecule has 0 aliphatic rings. The minimum atomic E-state index is -0.962. The normalized spacial score (nSPS) is 12.2. The number of rotatable bonds is 7. The molecule has 0 saturated carbocycles. The van der Waals surface area contributed by atoms with Gasteiger partial charge in [-0.05, 0) is 31.7 Å². The van der Waals surface area contributed by atoms with Crippen molar-refractivity contribution in [2.75, 3.05) is 0 Å². The van der Waals surface area contributed by atoms with Crippen molar-refractivity contribution in [2.45, 2.75) is 51.4 Å². The summed E-state index contributed by atoms with van der Waals surface area (Å²) in [7, 11) is -0.962. The van der Waals surface area contributed by atoms with E-state index < -0.39 is 8.07 Å². The number of allylic oxidation sites excluding steroid dienone is 1. The van der Waals surface area contributed by atoms with Crippen LogP contribution in [0.25, 0.3) is 0 Å². The fourth-order valence-electron chi connectivity index (χ4n) is 1.51. The van der Waals surface area contributed by atoms with Crippen molar-refractivity contribution in [1.82, 2.24) is 0 Å². The molecule has 0 bridgehead atoms. The molecule has 82 valence electrons. The van der Waals surface area contributed by atoms with Crippen molar-refractivity contribution in [3.8, 4) is 0 Å².